The Kier molecular flexibility index (Phi) is 9.19. The van der Waals surface area contributed by atoms with E-state index in [4.69, 9.17) is 18.5 Å². The van der Waals surface area contributed by atoms with Gasteiger partial charge in [0.05, 0.1) is 29.7 Å². The fraction of sp³-hybridized carbons (Fsp3) is 0.667. The molecule has 1 rings (SSSR count). The van der Waals surface area contributed by atoms with Crippen LogP contribution in [0, 0.1) is 10.8 Å². The second kappa shape index (κ2) is 10.7. The maximum atomic E-state index is 12.9. The third kappa shape index (κ3) is 9.83. The van der Waals surface area contributed by atoms with Crippen LogP contribution in [0.2, 0.25) is 0 Å². The van der Waals surface area contributed by atoms with Gasteiger partial charge in [-0.1, -0.05) is 17.4 Å². The summed E-state index contributed by atoms with van der Waals surface area (Å²) >= 11 is 0. The predicted octanol–water partition coefficient (Wildman–Crippen LogP) is 3.15. The molecule has 0 unspecified atom stereocenters. The Hall–Kier alpha value is -2.03. The second-order valence-electron chi connectivity index (χ2n) is 8.25. The van der Waals surface area contributed by atoms with Crippen LogP contribution in [-0.4, -0.2) is 46.7 Å². The Morgan fingerprint density at radius 2 is 1.48 bits per heavy atom. The molecule has 1 aromatic heterocycles. The lowest BCUT2D eigenvalue weighted by Crippen LogP contribution is -2.25. The van der Waals surface area contributed by atoms with Gasteiger partial charge >= 0.3 is 19.5 Å². The number of hydrogen-bond acceptors (Lipinski definition) is 9. The molecule has 0 atom stereocenters. The highest BCUT2D eigenvalue weighted by Crippen LogP contribution is 2.48. The third-order valence-corrected chi connectivity index (χ3v) is 5.02. The molecular formula is C18H30N3O7P. The normalized spacial score (nSPS) is 12.9. The molecule has 0 aliphatic rings. The lowest BCUT2D eigenvalue weighted by atomic mass is 9.98. The van der Waals surface area contributed by atoms with E-state index < -0.39 is 44.0 Å². The minimum atomic E-state index is -3.73. The topological polar surface area (TPSA) is 119 Å². The van der Waals surface area contributed by atoms with Gasteiger partial charge in [0, 0.05) is 6.20 Å². The van der Waals surface area contributed by atoms with Crippen LogP contribution in [0.4, 0.5) is 0 Å². The first-order valence-corrected chi connectivity index (χ1v) is 10.8. The van der Waals surface area contributed by atoms with Gasteiger partial charge in [-0.25, -0.2) is 4.68 Å². The molecule has 0 fully saturated rings. The van der Waals surface area contributed by atoms with Crippen molar-refractivity contribution >= 4 is 19.5 Å². The highest BCUT2D eigenvalue weighted by molar-refractivity contribution is 7.54. The van der Waals surface area contributed by atoms with E-state index in [-0.39, 0.29) is 6.16 Å². The molecule has 29 heavy (non-hydrogen) atoms. The fourth-order valence-corrected chi connectivity index (χ4v) is 2.73. The van der Waals surface area contributed by atoms with Gasteiger partial charge in [0.15, 0.2) is 0 Å². The average Bonchev–Trinajstić information content (AvgIpc) is 3.10. The van der Waals surface area contributed by atoms with Gasteiger partial charge < -0.3 is 9.47 Å². The van der Waals surface area contributed by atoms with Crippen molar-refractivity contribution < 1.29 is 32.7 Å². The smallest absolute Gasteiger partial charge is 0.340 e. The Morgan fingerprint density at radius 1 is 0.966 bits per heavy atom. The summed E-state index contributed by atoms with van der Waals surface area (Å²) in [6.07, 6.45) is 6.39. The van der Waals surface area contributed by atoms with E-state index in [0.717, 1.165) is 0 Å². The number of rotatable bonds is 10. The summed E-state index contributed by atoms with van der Waals surface area (Å²) < 4.78 is 34.9. The summed E-state index contributed by atoms with van der Waals surface area (Å²) in [5.74, 6) is -1.02. The molecule has 0 aromatic carbocycles. The van der Waals surface area contributed by atoms with Gasteiger partial charge in [-0.3, -0.25) is 23.2 Å². The molecule has 0 saturated heterocycles. The van der Waals surface area contributed by atoms with E-state index >= 15 is 0 Å². The van der Waals surface area contributed by atoms with Crippen LogP contribution < -0.4 is 0 Å². The average molecular weight is 431 g/mol. The molecule has 0 saturated carbocycles. The first kappa shape index (κ1) is 25.0. The van der Waals surface area contributed by atoms with Crippen LogP contribution in [-0.2, 0) is 39.2 Å². The van der Waals surface area contributed by atoms with Crippen LogP contribution in [0.15, 0.2) is 24.5 Å². The number of carbonyl (C=O) groups is 2. The van der Waals surface area contributed by atoms with E-state index in [1.165, 1.54) is 6.20 Å². The molecule has 1 heterocycles. The van der Waals surface area contributed by atoms with Crippen LogP contribution in [0.1, 0.15) is 41.5 Å². The lowest BCUT2D eigenvalue weighted by molar-refractivity contribution is -0.161. The zero-order chi connectivity index (χ0) is 22.1. The van der Waals surface area contributed by atoms with Crippen molar-refractivity contribution in [3.05, 3.63) is 24.5 Å². The number of hydrogen-bond donors (Lipinski definition) is 0. The summed E-state index contributed by atoms with van der Waals surface area (Å²) in [5.41, 5.74) is -1.46. The van der Waals surface area contributed by atoms with Crippen molar-refractivity contribution in [1.29, 1.82) is 0 Å². The van der Waals surface area contributed by atoms with E-state index in [1.807, 2.05) is 0 Å². The Labute approximate surface area is 171 Å². The van der Waals surface area contributed by atoms with Gasteiger partial charge in [0.1, 0.15) is 0 Å². The lowest BCUT2D eigenvalue weighted by Gasteiger charge is -2.21. The van der Waals surface area contributed by atoms with E-state index in [1.54, 1.807) is 64.6 Å². The number of nitrogens with zero attached hydrogens (tertiary/aromatic N) is 3. The van der Waals surface area contributed by atoms with Crippen molar-refractivity contribution in [2.45, 2.75) is 48.1 Å². The Balaban J connectivity index is 2.64. The molecule has 0 aliphatic heterocycles. The maximum Gasteiger partial charge on any atom is 0.340 e. The molecule has 10 nitrogen and oxygen atoms in total. The number of esters is 2. The van der Waals surface area contributed by atoms with Crippen LogP contribution in [0.5, 0.6) is 0 Å². The number of ether oxygens (including phenoxy) is 2. The van der Waals surface area contributed by atoms with Gasteiger partial charge in [0.25, 0.3) is 0 Å². The summed E-state index contributed by atoms with van der Waals surface area (Å²) in [6.45, 7) is 9.44. The Morgan fingerprint density at radius 3 is 1.90 bits per heavy atom. The molecular weight excluding hydrogens is 401 g/mol. The van der Waals surface area contributed by atoms with Gasteiger partial charge in [-0.15, -0.1) is 5.10 Å². The Bertz CT molecular complexity index is 698. The van der Waals surface area contributed by atoms with Crippen molar-refractivity contribution in [2.24, 2.45) is 10.8 Å². The highest BCUT2D eigenvalue weighted by atomic mass is 31.2. The number of carbonyl (C=O) groups excluding carboxylic acids is 2. The second-order valence-corrected chi connectivity index (χ2v) is 10.4. The zero-order valence-corrected chi connectivity index (χ0v) is 18.7. The molecule has 0 aliphatic carbocycles. The molecule has 164 valence electrons. The molecule has 0 bridgehead atoms. The SMILES string of the molecule is CC(C)(C)C(=O)OCOP(=O)(C/C=C/Cn1ccnn1)OCOC(=O)C(C)(C)C. The molecule has 11 heteroatoms. The number of aromatic nitrogens is 3. The fourth-order valence-electron chi connectivity index (χ4n) is 1.61. The summed E-state index contributed by atoms with van der Waals surface area (Å²) in [6, 6.07) is 0. The molecule has 0 N–H and O–H groups in total. The van der Waals surface area contributed by atoms with Crippen molar-refractivity contribution in [3.8, 4) is 0 Å². The van der Waals surface area contributed by atoms with Gasteiger partial charge in [0.2, 0.25) is 13.6 Å². The largest absolute Gasteiger partial charge is 0.438 e. The van der Waals surface area contributed by atoms with E-state index in [2.05, 4.69) is 10.3 Å². The minimum Gasteiger partial charge on any atom is -0.438 e. The third-order valence-electron chi connectivity index (χ3n) is 3.36. The zero-order valence-electron chi connectivity index (χ0n) is 17.8. The van der Waals surface area contributed by atoms with Gasteiger partial charge in [-0.2, -0.15) is 0 Å². The first-order chi connectivity index (χ1) is 13.3. The molecule has 0 spiro atoms. The van der Waals surface area contributed by atoms with Crippen LogP contribution >= 0.6 is 7.60 Å². The highest BCUT2D eigenvalue weighted by Gasteiger charge is 2.29. The summed E-state index contributed by atoms with van der Waals surface area (Å²) in [7, 11) is -3.73. The van der Waals surface area contributed by atoms with E-state index in [9.17, 15) is 14.2 Å². The van der Waals surface area contributed by atoms with Gasteiger partial charge in [-0.05, 0) is 41.5 Å². The van der Waals surface area contributed by atoms with Crippen molar-refractivity contribution in [2.75, 3.05) is 19.7 Å². The standard InChI is InChI=1S/C18H30N3O7P/c1-17(2,3)15(22)25-13-27-29(24,28-14-26-16(23)18(4,5)6)12-8-7-10-21-11-9-19-20-21/h7-9,11H,10,12-14H2,1-6H3/b8-7+. The molecule has 0 amide bonds. The summed E-state index contributed by atoms with van der Waals surface area (Å²) in [4.78, 5) is 23.6. The molecule has 1 aromatic rings. The first-order valence-electron chi connectivity index (χ1n) is 9.05. The molecule has 0 radical (unpaired) electrons. The summed E-state index contributed by atoms with van der Waals surface area (Å²) in [5, 5.41) is 7.48. The van der Waals surface area contributed by atoms with Crippen LogP contribution in [0.25, 0.3) is 0 Å². The quantitative estimate of drug-likeness (QED) is 0.238. The monoisotopic (exact) mass is 431 g/mol. The van der Waals surface area contributed by atoms with Crippen molar-refractivity contribution in [3.63, 3.8) is 0 Å². The van der Waals surface area contributed by atoms with E-state index in [0.29, 0.717) is 6.54 Å². The van der Waals surface area contributed by atoms with Crippen LogP contribution in [0.3, 0.4) is 0 Å². The minimum absolute atomic E-state index is 0.109. The number of allylic oxidation sites excluding steroid dienone is 2. The predicted molar refractivity (Wildman–Crippen MR) is 105 cm³/mol. The maximum absolute atomic E-state index is 12.9. The van der Waals surface area contributed by atoms with Crippen molar-refractivity contribution in [1.82, 2.24) is 15.0 Å².